The fraction of sp³-hybridized carbons (Fsp3) is 0.429. The van der Waals surface area contributed by atoms with Crippen LogP contribution in [0, 0.1) is 0 Å². The maximum atomic E-state index is 13.9. The van der Waals surface area contributed by atoms with E-state index in [1.807, 2.05) is 14.1 Å². The van der Waals surface area contributed by atoms with E-state index in [2.05, 4.69) is 30.5 Å². The Bertz CT molecular complexity index is 1600. The second kappa shape index (κ2) is 13.2. The summed E-state index contributed by atoms with van der Waals surface area (Å²) in [6.45, 7) is 1.04. The fourth-order valence-corrected chi connectivity index (χ4v) is 5.27. The van der Waals surface area contributed by atoms with Crippen LogP contribution in [0.4, 0.5) is 36.4 Å². The summed E-state index contributed by atoms with van der Waals surface area (Å²) in [5, 5.41) is 5.52. The number of likely N-dealkylation sites (tertiary alicyclic amines) is 1. The lowest BCUT2D eigenvalue weighted by molar-refractivity contribution is -0.137. The van der Waals surface area contributed by atoms with Gasteiger partial charge >= 0.3 is 6.18 Å². The van der Waals surface area contributed by atoms with Crippen LogP contribution in [0.2, 0.25) is 0 Å². The zero-order valence-corrected chi connectivity index (χ0v) is 25.8. The number of benzene rings is 1. The molecule has 0 bridgehead atoms. The van der Waals surface area contributed by atoms with Crippen molar-refractivity contribution in [3.05, 3.63) is 59.4 Å². The first-order valence-corrected chi connectivity index (χ1v) is 15.5. The summed E-state index contributed by atoms with van der Waals surface area (Å²) >= 11 is 0. The highest BCUT2D eigenvalue weighted by Gasteiger charge is 2.35. The molecular weight excluding hydrogens is 601 g/mol. The van der Waals surface area contributed by atoms with Crippen LogP contribution in [0.15, 0.2) is 42.7 Å². The number of pyridine rings is 1. The summed E-state index contributed by atoms with van der Waals surface area (Å²) in [4.78, 5) is 29.1. The Morgan fingerprint density at radius 2 is 1.84 bits per heavy atom. The zero-order valence-electron chi connectivity index (χ0n) is 25.0. The normalized spacial score (nSPS) is 14.4. The second-order valence-electron chi connectivity index (χ2n) is 10.6. The topological polar surface area (TPSA) is 133 Å². The van der Waals surface area contributed by atoms with E-state index in [0.29, 0.717) is 42.1 Å². The van der Waals surface area contributed by atoms with Crippen molar-refractivity contribution in [1.29, 1.82) is 0 Å². The highest BCUT2D eigenvalue weighted by molar-refractivity contribution is 7.92. The van der Waals surface area contributed by atoms with Gasteiger partial charge in [0, 0.05) is 56.2 Å². The van der Waals surface area contributed by atoms with Gasteiger partial charge in [-0.05, 0) is 51.2 Å². The minimum Gasteiger partial charge on any atom is -0.495 e. The molecule has 0 spiro atoms. The van der Waals surface area contributed by atoms with Crippen LogP contribution >= 0.6 is 0 Å². The number of nitrogens with one attached hydrogen (secondary N) is 2. The van der Waals surface area contributed by atoms with E-state index in [1.54, 1.807) is 35.2 Å². The molecule has 0 atom stereocenters. The maximum absolute atomic E-state index is 13.9. The van der Waals surface area contributed by atoms with Crippen LogP contribution in [-0.4, -0.2) is 92.7 Å². The number of carbonyl (C=O) groups is 1. The van der Waals surface area contributed by atoms with Gasteiger partial charge in [-0.15, -0.1) is 0 Å². The van der Waals surface area contributed by atoms with E-state index in [4.69, 9.17) is 4.74 Å². The Morgan fingerprint density at radius 3 is 2.45 bits per heavy atom. The van der Waals surface area contributed by atoms with Crippen LogP contribution in [0.3, 0.4) is 0 Å². The van der Waals surface area contributed by atoms with Crippen LogP contribution in [0.1, 0.15) is 34.3 Å². The Hall–Kier alpha value is -4.18. The van der Waals surface area contributed by atoms with Gasteiger partial charge in [-0.1, -0.05) is 6.07 Å². The van der Waals surface area contributed by atoms with Gasteiger partial charge in [-0.25, -0.2) is 18.4 Å². The number of halogens is 3. The number of rotatable bonds is 10. The standard InChI is InChI=1S/C28H35F3N8O4S/c1-37(2)20-10-13-39(14-11-20)26(40)18-8-9-22(23(15-18)43-4)35-27-34-17-21(28(29,30)31)24(36-27)33-16-19-7-6-12-32-25(19)38(3)44(5,41)42/h6-9,12,15,17,20H,10-11,13-14,16H2,1-5H3,(H2,33,34,35,36). The lowest BCUT2D eigenvalue weighted by Gasteiger charge is -2.35. The van der Waals surface area contributed by atoms with Gasteiger partial charge in [0.05, 0.1) is 19.1 Å². The van der Waals surface area contributed by atoms with Crippen molar-refractivity contribution in [3.8, 4) is 5.75 Å². The average Bonchev–Trinajstić information content (AvgIpc) is 2.98. The van der Waals surface area contributed by atoms with Crippen molar-refractivity contribution in [3.63, 3.8) is 0 Å². The monoisotopic (exact) mass is 636 g/mol. The predicted octanol–water partition coefficient (Wildman–Crippen LogP) is 3.82. The van der Waals surface area contributed by atoms with Gasteiger partial charge < -0.3 is 25.2 Å². The second-order valence-corrected chi connectivity index (χ2v) is 12.6. The Labute approximate surface area is 254 Å². The number of anilines is 4. The number of alkyl halides is 3. The van der Waals surface area contributed by atoms with Crippen LogP contribution < -0.4 is 19.7 Å². The Kier molecular flexibility index (Phi) is 9.83. The summed E-state index contributed by atoms with van der Waals surface area (Å²) in [5.74, 6) is -0.492. The first-order chi connectivity index (χ1) is 20.7. The van der Waals surface area contributed by atoms with Gasteiger partial charge in [0.25, 0.3) is 5.91 Å². The molecule has 0 saturated carbocycles. The quantitative estimate of drug-likeness (QED) is 0.339. The number of aromatic nitrogens is 3. The number of hydrogen-bond acceptors (Lipinski definition) is 10. The van der Waals surface area contributed by atoms with Crippen LogP contribution in [0.25, 0.3) is 0 Å². The third-order valence-electron chi connectivity index (χ3n) is 7.38. The molecule has 1 saturated heterocycles. The molecule has 12 nitrogen and oxygen atoms in total. The molecule has 1 aliphatic rings. The minimum atomic E-state index is -4.77. The van der Waals surface area contributed by atoms with Crippen molar-refractivity contribution in [2.24, 2.45) is 0 Å². The molecule has 1 aliphatic heterocycles. The number of hydrogen-bond donors (Lipinski definition) is 2. The molecule has 0 unspecified atom stereocenters. The molecule has 16 heteroatoms. The SMILES string of the molecule is COc1cc(C(=O)N2CCC(N(C)C)CC2)ccc1Nc1ncc(C(F)(F)F)c(NCc2cccnc2N(C)S(C)(=O)=O)n1. The summed E-state index contributed by atoms with van der Waals surface area (Å²) < 4.78 is 72.0. The average molecular weight is 637 g/mol. The molecule has 2 N–H and O–H groups in total. The number of nitrogens with zero attached hydrogens (tertiary/aromatic N) is 6. The van der Waals surface area contributed by atoms with Gasteiger partial charge in [0.2, 0.25) is 16.0 Å². The number of piperidine rings is 1. The summed E-state index contributed by atoms with van der Waals surface area (Å²) in [5.41, 5.74) is -0.0337. The minimum absolute atomic E-state index is 0.0601. The van der Waals surface area contributed by atoms with Crippen molar-refractivity contribution in [1.82, 2.24) is 24.8 Å². The molecule has 4 rings (SSSR count). The van der Waals surface area contributed by atoms with E-state index in [1.165, 1.54) is 20.4 Å². The predicted molar refractivity (Wildman–Crippen MR) is 161 cm³/mol. The smallest absolute Gasteiger partial charge is 0.421 e. The molecule has 3 heterocycles. The van der Waals surface area contributed by atoms with Crippen molar-refractivity contribution in [2.75, 3.05) is 62.5 Å². The van der Waals surface area contributed by atoms with E-state index in [-0.39, 0.29) is 30.0 Å². The third-order valence-corrected chi connectivity index (χ3v) is 8.55. The van der Waals surface area contributed by atoms with E-state index < -0.39 is 27.6 Å². The molecule has 44 heavy (non-hydrogen) atoms. The molecule has 1 aromatic carbocycles. The number of carbonyl (C=O) groups excluding carboxylic acids is 1. The van der Waals surface area contributed by atoms with Gasteiger partial charge in [0.1, 0.15) is 22.9 Å². The number of ether oxygens (including phenoxy) is 1. The van der Waals surface area contributed by atoms with E-state index >= 15 is 0 Å². The molecule has 0 aliphatic carbocycles. The first kappa shape index (κ1) is 32.7. The van der Waals surface area contributed by atoms with Crippen molar-refractivity contribution in [2.45, 2.75) is 31.6 Å². The number of methoxy groups -OCH3 is 1. The van der Waals surface area contributed by atoms with E-state index in [0.717, 1.165) is 23.4 Å². The number of amides is 1. The van der Waals surface area contributed by atoms with Crippen molar-refractivity contribution >= 4 is 39.2 Å². The summed E-state index contributed by atoms with van der Waals surface area (Å²) in [6, 6.07) is 8.26. The zero-order chi connectivity index (χ0) is 32.2. The lowest BCUT2D eigenvalue weighted by Crippen LogP contribution is -2.44. The first-order valence-electron chi connectivity index (χ1n) is 13.7. The summed E-state index contributed by atoms with van der Waals surface area (Å²) in [6.07, 6.45) is -0.0161. The molecule has 3 aromatic rings. The van der Waals surface area contributed by atoms with E-state index in [9.17, 15) is 26.4 Å². The summed E-state index contributed by atoms with van der Waals surface area (Å²) in [7, 11) is 3.09. The molecule has 0 radical (unpaired) electrons. The Morgan fingerprint density at radius 1 is 1.14 bits per heavy atom. The fourth-order valence-electron chi connectivity index (χ4n) is 4.79. The van der Waals surface area contributed by atoms with Crippen LogP contribution in [0.5, 0.6) is 5.75 Å². The lowest BCUT2D eigenvalue weighted by atomic mass is 10.0. The maximum Gasteiger partial charge on any atom is 0.421 e. The molecule has 2 aromatic heterocycles. The third kappa shape index (κ3) is 7.66. The molecule has 1 amide bonds. The Balaban J connectivity index is 1.56. The number of sulfonamides is 1. The highest BCUT2D eigenvalue weighted by Crippen LogP contribution is 2.35. The van der Waals surface area contributed by atoms with Crippen LogP contribution in [-0.2, 0) is 22.7 Å². The highest BCUT2D eigenvalue weighted by atomic mass is 32.2. The molecule has 1 fully saturated rings. The largest absolute Gasteiger partial charge is 0.495 e. The van der Waals surface area contributed by atoms with Gasteiger partial charge in [-0.3, -0.25) is 9.10 Å². The molecule has 238 valence electrons. The van der Waals surface area contributed by atoms with Gasteiger partial charge in [-0.2, -0.15) is 18.2 Å². The van der Waals surface area contributed by atoms with Gasteiger partial charge in [0.15, 0.2) is 0 Å². The molecular formula is C28H35F3N8O4S. The van der Waals surface area contributed by atoms with Crippen molar-refractivity contribution < 1.29 is 31.1 Å².